The van der Waals surface area contributed by atoms with Gasteiger partial charge >= 0.3 is 0 Å². The van der Waals surface area contributed by atoms with Crippen LogP contribution in [0.1, 0.15) is 46.8 Å². The maximum absolute atomic E-state index is 14.6. The highest BCUT2D eigenvalue weighted by atomic mass is 19.2. The number of H-pyrrole nitrogens is 1. The molecule has 1 fully saturated rings. The lowest BCUT2D eigenvalue weighted by atomic mass is 9.87. The van der Waals surface area contributed by atoms with E-state index in [4.69, 9.17) is 0 Å². The normalized spacial score (nSPS) is 17.6. The van der Waals surface area contributed by atoms with E-state index in [1.54, 1.807) is 18.2 Å². The molecule has 0 radical (unpaired) electrons. The molecule has 3 N–H and O–H groups in total. The topological polar surface area (TPSA) is 56.9 Å². The van der Waals surface area contributed by atoms with Crippen molar-refractivity contribution in [2.75, 3.05) is 18.4 Å². The second-order valence-corrected chi connectivity index (χ2v) is 8.57. The van der Waals surface area contributed by atoms with Crippen LogP contribution in [0.25, 0.3) is 22.8 Å². The number of aromatic nitrogens is 1. The molecule has 1 saturated heterocycles. The van der Waals surface area contributed by atoms with Gasteiger partial charge in [0.2, 0.25) is 0 Å². The molecule has 0 spiro atoms. The molecule has 2 aliphatic rings. The molecular formula is C26H25F2N3O. The number of piperidine rings is 1. The van der Waals surface area contributed by atoms with Crippen molar-refractivity contribution < 1.29 is 13.6 Å². The van der Waals surface area contributed by atoms with Crippen LogP contribution in [0.4, 0.5) is 14.5 Å². The number of anilines is 1. The van der Waals surface area contributed by atoms with Gasteiger partial charge in [0.1, 0.15) is 0 Å². The average molecular weight is 434 g/mol. The summed E-state index contributed by atoms with van der Waals surface area (Å²) in [6.07, 6.45) is 4.01. The number of fused-ring (bicyclic) bond motifs is 1. The van der Waals surface area contributed by atoms with Gasteiger partial charge in [-0.2, -0.15) is 0 Å². The molecule has 0 bridgehead atoms. The van der Waals surface area contributed by atoms with Gasteiger partial charge in [-0.3, -0.25) is 4.79 Å². The fourth-order valence-corrected chi connectivity index (χ4v) is 5.12. The number of carbonyl (C=O) groups is 1. The van der Waals surface area contributed by atoms with Crippen LogP contribution in [-0.2, 0) is 4.79 Å². The number of halogens is 2. The number of hydrogen-bond acceptors (Lipinski definition) is 2. The van der Waals surface area contributed by atoms with Crippen LogP contribution in [0.15, 0.2) is 36.4 Å². The minimum Gasteiger partial charge on any atom is -0.359 e. The fourth-order valence-electron chi connectivity index (χ4n) is 5.12. The van der Waals surface area contributed by atoms with Crippen molar-refractivity contribution >= 4 is 23.2 Å². The first-order chi connectivity index (χ1) is 15.5. The molecule has 0 saturated carbocycles. The Bertz CT molecular complexity index is 1250. The number of carbonyl (C=O) groups excluding carboxylic acids is 1. The lowest BCUT2D eigenvalue weighted by molar-refractivity contribution is -0.110. The molecule has 3 heterocycles. The van der Waals surface area contributed by atoms with E-state index < -0.39 is 11.6 Å². The molecular weight excluding hydrogens is 408 g/mol. The van der Waals surface area contributed by atoms with E-state index in [2.05, 4.69) is 29.5 Å². The van der Waals surface area contributed by atoms with Crippen molar-refractivity contribution in [3.63, 3.8) is 0 Å². The minimum absolute atomic E-state index is 0.138. The summed E-state index contributed by atoms with van der Waals surface area (Å²) in [5.74, 6) is -1.59. The molecule has 0 aliphatic carbocycles. The van der Waals surface area contributed by atoms with Crippen LogP contribution in [-0.4, -0.2) is 24.0 Å². The summed E-state index contributed by atoms with van der Waals surface area (Å²) in [6.45, 7) is 6.16. The zero-order chi connectivity index (χ0) is 22.4. The van der Waals surface area contributed by atoms with Crippen molar-refractivity contribution in [3.8, 4) is 11.1 Å². The zero-order valence-electron chi connectivity index (χ0n) is 18.1. The van der Waals surface area contributed by atoms with E-state index in [9.17, 15) is 13.6 Å². The van der Waals surface area contributed by atoms with Crippen molar-refractivity contribution in [1.29, 1.82) is 0 Å². The third-order valence-electron chi connectivity index (χ3n) is 6.64. The number of amides is 1. The number of hydrogen-bond donors (Lipinski definition) is 3. The number of nitrogens with one attached hydrogen (secondary N) is 3. The maximum Gasteiger partial charge on any atom is 0.256 e. The summed E-state index contributed by atoms with van der Waals surface area (Å²) < 4.78 is 28.6. The van der Waals surface area contributed by atoms with Crippen LogP contribution in [0.5, 0.6) is 0 Å². The summed E-state index contributed by atoms with van der Waals surface area (Å²) in [6, 6.07) is 9.34. The lowest BCUT2D eigenvalue weighted by Crippen LogP contribution is -2.27. The highest BCUT2D eigenvalue weighted by Gasteiger charge is 2.29. The molecule has 6 heteroatoms. The van der Waals surface area contributed by atoms with E-state index in [-0.39, 0.29) is 11.5 Å². The predicted octanol–water partition coefficient (Wildman–Crippen LogP) is 5.54. The molecule has 1 aromatic heterocycles. The van der Waals surface area contributed by atoms with Crippen molar-refractivity contribution in [2.24, 2.45) is 0 Å². The van der Waals surface area contributed by atoms with Gasteiger partial charge in [-0.05, 0) is 80.6 Å². The van der Waals surface area contributed by atoms with Gasteiger partial charge < -0.3 is 15.6 Å². The summed E-state index contributed by atoms with van der Waals surface area (Å²) in [7, 11) is 0. The highest BCUT2D eigenvalue weighted by molar-refractivity contribution is 6.36. The summed E-state index contributed by atoms with van der Waals surface area (Å²) in [4.78, 5) is 16.4. The predicted molar refractivity (Wildman–Crippen MR) is 123 cm³/mol. The molecule has 2 aromatic carbocycles. The van der Waals surface area contributed by atoms with Crippen LogP contribution >= 0.6 is 0 Å². The quantitative estimate of drug-likeness (QED) is 0.475. The first kappa shape index (κ1) is 20.6. The molecule has 0 atom stereocenters. The standard InChI is InChI=1S/C26H25F2N3O/c1-14-22(30-15(2)23(14)16-9-11-29-12-10-16)13-19-24-17(5-4-8-21(24)31-26(19)32)18-6-3-7-20(27)25(18)28/h3-8,13,16,29-30H,9-12H2,1-2H3,(H,31,32)/b19-13-. The monoisotopic (exact) mass is 433 g/mol. The smallest absolute Gasteiger partial charge is 0.256 e. The van der Waals surface area contributed by atoms with Crippen molar-refractivity contribution in [3.05, 3.63) is 76.1 Å². The number of benzene rings is 2. The zero-order valence-corrected chi connectivity index (χ0v) is 18.1. The van der Waals surface area contributed by atoms with Gasteiger partial charge in [0.05, 0.1) is 5.57 Å². The van der Waals surface area contributed by atoms with Gasteiger partial charge in [0.15, 0.2) is 11.6 Å². The van der Waals surface area contributed by atoms with Gasteiger partial charge in [0.25, 0.3) is 5.91 Å². The summed E-state index contributed by atoms with van der Waals surface area (Å²) >= 11 is 0. The maximum atomic E-state index is 14.6. The average Bonchev–Trinajstić information content (AvgIpc) is 3.26. The Balaban J connectivity index is 1.64. The molecule has 3 aromatic rings. The molecule has 164 valence electrons. The number of rotatable bonds is 3. The Hall–Kier alpha value is -3.25. The Morgan fingerprint density at radius 3 is 2.50 bits per heavy atom. The molecule has 4 nitrogen and oxygen atoms in total. The highest BCUT2D eigenvalue weighted by Crippen LogP contribution is 2.42. The van der Waals surface area contributed by atoms with Gasteiger partial charge in [0, 0.05) is 28.2 Å². The van der Waals surface area contributed by atoms with E-state index in [1.807, 2.05) is 6.08 Å². The first-order valence-electron chi connectivity index (χ1n) is 11.0. The number of aryl methyl sites for hydroxylation is 1. The third kappa shape index (κ3) is 3.35. The van der Waals surface area contributed by atoms with Gasteiger partial charge in [-0.1, -0.05) is 24.3 Å². The summed E-state index contributed by atoms with van der Waals surface area (Å²) in [5.41, 5.74) is 6.72. The van der Waals surface area contributed by atoms with E-state index in [0.29, 0.717) is 28.3 Å². The SMILES string of the molecule is Cc1[nH]c(/C=C2\C(=O)Nc3cccc(-c4cccc(F)c4F)c32)c(C)c1C1CCNCC1. The van der Waals surface area contributed by atoms with Crippen LogP contribution in [0, 0.1) is 25.5 Å². The molecule has 2 aliphatic heterocycles. The van der Waals surface area contributed by atoms with E-state index in [0.717, 1.165) is 48.9 Å². The van der Waals surface area contributed by atoms with Crippen LogP contribution in [0.2, 0.25) is 0 Å². The van der Waals surface area contributed by atoms with Gasteiger partial charge in [-0.15, -0.1) is 0 Å². The minimum atomic E-state index is -0.917. The molecule has 5 rings (SSSR count). The molecule has 32 heavy (non-hydrogen) atoms. The molecule has 1 amide bonds. The summed E-state index contributed by atoms with van der Waals surface area (Å²) in [5, 5.41) is 6.27. The Morgan fingerprint density at radius 2 is 1.72 bits per heavy atom. The number of aromatic amines is 1. The second kappa shape index (κ2) is 8.02. The Labute approximate surface area is 185 Å². The van der Waals surface area contributed by atoms with Crippen molar-refractivity contribution in [1.82, 2.24) is 10.3 Å². The van der Waals surface area contributed by atoms with Crippen molar-refractivity contribution in [2.45, 2.75) is 32.6 Å². The van der Waals surface area contributed by atoms with Crippen LogP contribution < -0.4 is 10.6 Å². The van der Waals surface area contributed by atoms with E-state index in [1.165, 1.54) is 17.7 Å². The first-order valence-corrected chi connectivity index (χ1v) is 11.0. The van der Waals surface area contributed by atoms with Gasteiger partial charge in [-0.25, -0.2) is 8.78 Å². The molecule has 0 unspecified atom stereocenters. The lowest BCUT2D eigenvalue weighted by Gasteiger charge is -2.23. The van der Waals surface area contributed by atoms with Crippen LogP contribution in [0.3, 0.4) is 0 Å². The third-order valence-corrected chi connectivity index (χ3v) is 6.64. The Morgan fingerprint density at radius 1 is 1.00 bits per heavy atom. The van der Waals surface area contributed by atoms with E-state index >= 15 is 0 Å². The fraction of sp³-hybridized carbons (Fsp3) is 0.269. The Kier molecular flexibility index (Phi) is 5.18. The second-order valence-electron chi connectivity index (χ2n) is 8.57. The largest absolute Gasteiger partial charge is 0.359 e.